The minimum atomic E-state index is -0.309. The second kappa shape index (κ2) is 9.49. The minimum absolute atomic E-state index is 0.111. The second-order valence-electron chi connectivity index (χ2n) is 6.41. The first-order valence-corrected chi connectivity index (χ1v) is 9.95. The van der Waals surface area contributed by atoms with Crippen LogP contribution in [0.2, 0.25) is 0 Å². The zero-order valence-electron chi connectivity index (χ0n) is 16.8. The third-order valence-electron chi connectivity index (χ3n) is 4.39. The smallest absolute Gasteiger partial charge is 0.233 e. The summed E-state index contributed by atoms with van der Waals surface area (Å²) in [5.74, 6) is 7.43. The molecule has 1 aromatic heterocycles. The van der Waals surface area contributed by atoms with Gasteiger partial charge in [0.25, 0.3) is 0 Å². The molecule has 2 N–H and O–H groups in total. The lowest BCUT2D eigenvalue weighted by Crippen LogP contribution is -2.28. The summed E-state index contributed by atoms with van der Waals surface area (Å²) in [6, 6.07) is 11.3. The highest BCUT2D eigenvalue weighted by atomic mass is 32.2. The summed E-state index contributed by atoms with van der Waals surface area (Å²) >= 11 is 1.19. The van der Waals surface area contributed by atoms with Crippen LogP contribution in [0.5, 0.6) is 11.5 Å². The Labute approximate surface area is 177 Å². The monoisotopic (exact) mass is 431 g/mol. The van der Waals surface area contributed by atoms with Crippen molar-refractivity contribution in [1.82, 2.24) is 19.8 Å². The zero-order valence-corrected chi connectivity index (χ0v) is 17.6. The summed E-state index contributed by atoms with van der Waals surface area (Å²) in [5.41, 5.74) is 1.55. The lowest BCUT2D eigenvalue weighted by atomic mass is 10.2. The highest BCUT2D eigenvalue weighted by Gasteiger charge is 2.17. The Morgan fingerprint density at radius 2 is 1.83 bits per heavy atom. The van der Waals surface area contributed by atoms with Gasteiger partial charge in [-0.1, -0.05) is 23.9 Å². The number of aromatic nitrogens is 3. The van der Waals surface area contributed by atoms with Gasteiger partial charge in [-0.05, 0) is 35.9 Å². The predicted molar refractivity (Wildman–Crippen MR) is 112 cm³/mol. The Morgan fingerprint density at radius 3 is 2.50 bits per heavy atom. The van der Waals surface area contributed by atoms with Gasteiger partial charge in [-0.25, -0.2) is 9.07 Å². The van der Waals surface area contributed by atoms with Gasteiger partial charge in [-0.2, -0.15) is 0 Å². The zero-order chi connectivity index (χ0) is 21.7. The molecule has 0 saturated carbocycles. The molecule has 0 fully saturated rings. The number of benzene rings is 2. The van der Waals surface area contributed by atoms with Crippen molar-refractivity contribution < 1.29 is 18.7 Å². The molecule has 158 valence electrons. The van der Waals surface area contributed by atoms with Gasteiger partial charge < -0.3 is 20.2 Å². The van der Waals surface area contributed by atoms with Crippen LogP contribution in [0.3, 0.4) is 0 Å². The van der Waals surface area contributed by atoms with Crippen LogP contribution >= 0.6 is 11.8 Å². The summed E-state index contributed by atoms with van der Waals surface area (Å²) in [7, 11) is 4.79. The lowest BCUT2D eigenvalue weighted by Gasteiger charge is -2.17. The van der Waals surface area contributed by atoms with E-state index in [1.54, 1.807) is 56.5 Å². The van der Waals surface area contributed by atoms with E-state index in [1.165, 1.54) is 28.6 Å². The van der Waals surface area contributed by atoms with Crippen molar-refractivity contribution in [2.45, 2.75) is 11.7 Å². The highest BCUT2D eigenvalue weighted by molar-refractivity contribution is 7.99. The molecule has 0 aliphatic heterocycles. The maximum Gasteiger partial charge on any atom is 0.233 e. The van der Waals surface area contributed by atoms with Gasteiger partial charge in [0.1, 0.15) is 5.82 Å². The fraction of sp³-hybridized carbons (Fsp3) is 0.250. The van der Waals surface area contributed by atoms with Gasteiger partial charge in [0.2, 0.25) is 11.1 Å². The maximum atomic E-state index is 13.0. The summed E-state index contributed by atoms with van der Waals surface area (Å²) in [6.07, 6.45) is 0. The van der Waals surface area contributed by atoms with E-state index >= 15 is 0 Å². The average Bonchev–Trinajstić information content (AvgIpc) is 3.13. The number of hydrogen-bond acceptors (Lipinski definition) is 7. The Morgan fingerprint density at radius 1 is 1.13 bits per heavy atom. The van der Waals surface area contributed by atoms with Crippen molar-refractivity contribution in [3.05, 3.63) is 53.8 Å². The van der Waals surface area contributed by atoms with Gasteiger partial charge in [0, 0.05) is 19.2 Å². The van der Waals surface area contributed by atoms with E-state index in [2.05, 4.69) is 10.2 Å². The normalized spacial score (nSPS) is 10.7. The van der Waals surface area contributed by atoms with Gasteiger partial charge in [0.15, 0.2) is 17.3 Å². The third kappa shape index (κ3) is 4.82. The molecular weight excluding hydrogens is 409 g/mol. The second-order valence-corrected chi connectivity index (χ2v) is 7.35. The van der Waals surface area contributed by atoms with Crippen LogP contribution < -0.4 is 15.3 Å². The first-order chi connectivity index (χ1) is 14.4. The number of carbonyl (C=O) groups is 1. The Hall–Kier alpha value is -3.27. The van der Waals surface area contributed by atoms with Crippen molar-refractivity contribution in [2.24, 2.45) is 0 Å². The summed E-state index contributed by atoms with van der Waals surface area (Å²) < 4.78 is 24.9. The molecular formula is C20H22FN5O3S. The van der Waals surface area contributed by atoms with Crippen molar-refractivity contribution >= 4 is 17.7 Å². The maximum absolute atomic E-state index is 13.0. The number of halogens is 1. The fourth-order valence-electron chi connectivity index (χ4n) is 2.74. The first kappa shape index (κ1) is 21.4. The number of carbonyl (C=O) groups excluding carboxylic acids is 1. The molecule has 0 saturated heterocycles. The van der Waals surface area contributed by atoms with E-state index in [9.17, 15) is 9.18 Å². The molecule has 10 heteroatoms. The summed E-state index contributed by atoms with van der Waals surface area (Å²) in [4.78, 5) is 14.0. The van der Waals surface area contributed by atoms with E-state index < -0.39 is 0 Å². The van der Waals surface area contributed by atoms with E-state index in [1.807, 2.05) is 0 Å². The highest BCUT2D eigenvalue weighted by Crippen LogP contribution is 2.32. The number of ether oxygens (including phenoxy) is 2. The summed E-state index contributed by atoms with van der Waals surface area (Å²) in [6.45, 7) is 0.381. The van der Waals surface area contributed by atoms with Crippen molar-refractivity contribution in [1.29, 1.82) is 0 Å². The Kier molecular flexibility index (Phi) is 6.78. The molecule has 1 amide bonds. The van der Waals surface area contributed by atoms with Gasteiger partial charge in [-0.3, -0.25) is 4.79 Å². The summed E-state index contributed by atoms with van der Waals surface area (Å²) in [5, 5.41) is 8.61. The molecule has 0 atom stereocenters. The van der Waals surface area contributed by atoms with Crippen LogP contribution in [0, 0.1) is 5.82 Å². The van der Waals surface area contributed by atoms with Crippen molar-refractivity contribution in [2.75, 3.05) is 32.9 Å². The molecule has 3 aromatic rings. The molecule has 0 unspecified atom stereocenters. The lowest BCUT2D eigenvalue weighted by molar-refractivity contribution is -0.127. The molecule has 0 aliphatic rings. The quantitative estimate of drug-likeness (QED) is 0.433. The number of nitrogens with two attached hydrogens (primary N) is 1. The van der Waals surface area contributed by atoms with Crippen LogP contribution in [0.15, 0.2) is 47.6 Å². The van der Waals surface area contributed by atoms with E-state index in [4.69, 9.17) is 15.3 Å². The number of rotatable bonds is 8. The number of amides is 1. The Balaban J connectivity index is 1.65. The SMILES string of the molecule is COc1ccc(-c2nnc(SCC(=O)N(C)Cc3ccc(F)cc3)n2N)cc1OC. The van der Waals surface area contributed by atoms with Crippen molar-refractivity contribution in [3.63, 3.8) is 0 Å². The van der Waals surface area contributed by atoms with Crippen LogP contribution in [0.25, 0.3) is 11.4 Å². The van der Waals surface area contributed by atoms with Crippen LogP contribution in [-0.2, 0) is 11.3 Å². The molecule has 8 nitrogen and oxygen atoms in total. The molecule has 0 aliphatic carbocycles. The van der Waals surface area contributed by atoms with E-state index in [0.29, 0.717) is 34.6 Å². The molecule has 3 rings (SSSR count). The molecule has 0 spiro atoms. The number of nitrogens with zero attached hydrogens (tertiary/aromatic N) is 4. The van der Waals surface area contributed by atoms with Crippen molar-refractivity contribution in [3.8, 4) is 22.9 Å². The number of methoxy groups -OCH3 is 2. The van der Waals surface area contributed by atoms with Gasteiger partial charge in [-0.15, -0.1) is 10.2 Å². The van der Waals surface area contributed by atoms with Crippen LogP contribution in [0.4, 0.5) is 4.39 Å². The largest absolute Gasteiger partial charge is 0.493 e. The minimum Gasteiger partial charge on any atom is -0.493 e. The van der Waals surface area contributed by atoms with E-state index in [-0.39, 0.29) is 17.5 Å². The molecule has 30 heavy (non-hydrogen) atoms. The van der Waals surface area contributed by atoms with E-state index in [0.717, 1.165) is 5.56 Å². The predicted octanol–water partition coefficient (Wildman–Crippen LogP) is 2.57. The Bertz CT molecular complexity index is 1030. The third-order valence-corrected chi connectivity index (χ3v) is 5.32. The first-order valence-electron chi connectivity index (χ1n) is 8.97. The number of thioether (sulfide) groups is 1. The average molecular weight is 431 g/mol. The van der Waals surface area contributed by atoms with Gasteiger partial charge in [0.05, 0.1) is 20.0 Å². The number of nitrogen functional groups attached to an aromatic ring is 1. The van der Waals surface area contributed by atoms with Crippen LogP contribution in [0.1, 0.15) is 5.56 Å². The molecule has 1 heterocycles. The molecule has 2 aromatic carbocycles. The molecule has 0 bridgehead atoms. The standard InChI is InChI=1S/C20H22FN5O3S/c1-25(11-13-4-7-15(21)8-5-13)18(27)12-30-20-24-23-19(26(20)22)14-6-9-16(28-2)17(10-14)29-3/h4-10H,11-12,22H2,1-3H3. The van der Waals surface area contributed by atoms with Crippen LogP contribution in [-0.4, -0.2) is 52.7 Å². The number of hydrogen-bond donors (Lipinski definition) is 1. The fourth-order valence-corrected chi connectivity index (χ4v) is 3.53. The topological polar surface area (TPSA) is 95.5 Å². The molecule has 0 radical (unpaired) electrons. The van der Waals surface area contributed by atoms with Gasteiger partial charge >= 0.3 is 0 Å².